The van der Waals surface area contributed by atoms with Gasteiger partial charge in [-0.3, -0.25) is 4.79 Å². The number of carboxylic acid groups (broad SMARTS) is 1. The third-order valence-corrected chi connectivity index (χ3v) is 6.62. The van der Waals surface area contributed by atoms with Gasteiger partial charge in [-0.1, -0.05) is 26.0 Å². The van der Waals surface area contributed by atoms with Crippen LogP contribution in [0.15, 0.2) is 12.2 Å². The second-order valence-electron chi connectivity index (χ2n) is 6.90. The monoisotopic (exact) mass is 234 g/mol. The molecule has 2 heteroatoms. The molecule has 0 heterocycles. The molecule has 0 aliphatic heterocycles. The van der Waals surface area contributed by atoms with Crippen molar-refractivity contribution in [2.45, 2.75) is 46.5 Å². The number of aliphatic carboxylic acids is 1. The first-order chi connectivity index (χ1) is 7.87. The highest BCUT2D eigenvalue weighted by Gasteiger charge is 2.68. The maximum atomic E-state index is 11.9. The molecular formula is C15H22O2. The van der Waals surface area contributed by atoms with Crippen molar-refractivity contribution in [2.75, 3.05) is 0 Å². The molecular weight excluding hydrogens is 212 g/mol. The fraction of sp³-hybridized carbons (Fsp3) is 0.800. The molecule has 2 nitrogen and oxygen atoms in total. The van der Waals surface area contributed by atoms with E-state index in [1.54, 1.807) is 0 Å². The molecule has 5 atom stereocenters. The van der Waals surface area contributed by atoms with Crippen LogP contribution >= 0.6 is 0 Å². The van der Waals surface area contributed by atoms with Crippen LogP contribution in [0.5, 0.6) is 0 Å². The number of rotatable bonds is 1. The molecule has 2 fully saturated rings. The molecule has 2 saturated carbocycles. The average molecular weight is 234 g/mol. The Balaban J connectivity index is 2.20. The first-order valence-electron chi connectivity index (χ1n) is 6.81. The Hall–Kier alpha value is -0.790. The Bertz CT molecular complexity index is 413. The van der Waals surface area contributed by atoms with E-state index in [9.17, 15) is 9.90 Å². The minimum absolute atomic E-state index is 0.144. The highest BCUT2D eigenvalue weighted by Crippen LogP contribution is 2.71. The lowest BCUT2D eigenvalue weighted by atomic mass is 9.42. The average Bonchev–Trinajstić information content (AvgIpc) is 2.61. The lowest BCUT2D eigenvalue weighted by Gasteiger charge is -2.61. The highest BCUT2D eigenvalue weighted by atomic mass is 16.4. The Morgan fingerprint density at radius 1 is 1.24 bits per heavy atom. The normalized spacial score (nSPS) is 55.9. The molecule has 2 bridgehead atoms. The number of hydrogen-bond acceptors (Lipinski definition) is 1. The van der Waals surface area contributed by atoms with Gasteiger partial charge in [-0.2, -0.15) is 0 Å². The Morgan fingerprint density at radius 3 is 2.47 bits per heavy atom. The van der Waals surface area contributed by atoms with Crippen molar-refractivity contribution in [3.63, 3.8) is 0 Å². The van der Waals surface area contributed by atoms with E-state index in [4.69, 9.17) is 0 Å². The van der Waals surface area contributed by atoms with Crippen LogP contribution in [0.25, 0.3) is 0 Å². The number of carbonyl (C=O) groups is 1. The summed E-state index contributed by atoms with van der Waals surface area (Å²) in [5.74, 6) is 0.394. The molecule has 0 unspecified atom stereocenters. The number of fused-ring (bicyclic) bond motifs is 1. The molecule has 0 aromatic rings. The van der Waals surface area contributed by atoms with E-state index in [0.717, 1.165) is 12.8 Å². The van der Waals surface area contributed by atoms with Crippen LogP contribution in [0, 0.1) is 28.1 Å². The van der Waals surface area contributed by atoms with Gasteiger partial charge in [0.15, 0.2) is 0 Å². The van der Waals surface area contributed by atoms with E-state index in [-0.39, 0.29) is 10.8 Å². The van der Waals surface area contributed by atoms with Crippen LogP contribution in [-0.2, 0) is 4.79 Å². The molecule has 1 N–H and O–H groups in total. The van der Waals surface area contributed by atoms with Crippen LogP contribution in [0.2, 0.25) is 0 Å². The SMILES string of the molecule is C[C@@H]1CC[C@@H]2[C@]13C=C[C@](C)(CC3)[C@@]2(C)C(=O)O. The van der Waals surface area contributed by atoms with Crippen molar-refractivity contribution in [1.82, 2.24) is 0 Å². The third-order valence-electron chi connectivity index (χ3n) is 6.62. The molecule has 0 aromatic carbocycles. The second-order valence-corrected chi connectivity index (χ2v) is 6.90. The summed E-state index contributed by atoms with van der Waals surface area (Å²) in [6.07, 6.45) is 9.10. The summed E-state index contributed by atoms with van der Waals surface area (Å²) in [5, 5.41) is 9.78. The van der Waals surface area contributed by atoms with E-state index in [2.05, 4.69) is 26.0 Å². The van der Waals surface area contributed by atoms with Gasteiger partial charge in [0.2, 0.25) is 0 Å². The molecule has 1 spiro atoms. The Labute approximate surface area is 103 Å². The number of hydrogen-bond donors (Lipinski definition) is 1. The van der Waals surface area contributed by atoms with Gasteiger partial charge in [0.1, 0.15) is 0 Å². The number of carboxylic acids is 1. The molecule has 17 heavy (non-hydrogen) atoms. The van der Waals surface area contributed by atoms with Crippen LogP contribution in [-0.4, -0.2) is 11.1 Å². The van der Waals surface area contributed by atoms with E-state index < -0.39 is 11.4 Å². The molecule has 0 amide bonds. The van der Waals surface area contributed by atoms with Crippen molar-refractivity contribution in [3.8, 4) is 0 Å². The van der Waals surface area contributed by atoms with Crippen molar-refractivity contribution < 1.29 is 9.90 Å². The first-order valence-corrected chi connectivity index (χ1v) is 6.81. The summed E-state index contributed by atoms with van der Waals surface area (Å²) >= 11 is 0. The zero-order chi connectivity index (χ0) is 12.5. The fourth-order valence-corrected chi connectivity index (χ4v) is 5.03. The van der Waals surface area contributed by atoms with Crippen LogP contribution in [0.1, 0.15) is 46.5 Å². The second kappa shape index (κ2) is 2.96. The summed E-state index contributed by atoms with van der Waals surface area (Å²) < 4.78 is 0. The van der Waals surface area contributed by atoms with Crippen LogP contribution < -0.4 is 0 Å². The quantitative estimate of drug-likeness (QED) is 0.705. The first kappa shape index (κ1) is 11.3. The minimum Gasteiger partial charge on any atom is -0.481 e. The molecule has 0 aromatic heterocycles. The molecule has 0 radical (unpaired) electrons. The van der Waals surface area contributed by atoms with Gasteiger partial charge < -0.3 is 5.11 Å². The lowest BCUT2D eigenvalue weighted by molar-refractivity contribution is -0.173. The maximum Gasteiger partial charge on any atom is 0.310 e. The van der Waals surface area contributed by atoms with Crippen molar-refractivity contribution in [2.24, 2.45) is 28.1 Å². The lowest BCUT2D eigenvalue weighted by Crippen LogP contribution is -2.59. The van der Waals surface area contributed by atoms with E-state index in [1.165, 1.54) is 12.8 Å². The summed E-state index contributed by atoms with van der Waals surface area (Å²) in [7, 11) is 0. The van der Waals surface area contributed by atoms with Gasteiger partial charge in [0, 0.05) is 5.41 Å². The van der Waals surface area contributed by atoms with Gasteiger partial charge in [0.05, 0.1) is 5.41 Å². The van der Waals surface area contributed by atoms with Crippen LogP contribution in [0.3, 0.4) is 0 Å². The molecule has 4 aliphatic rings. The molecule has 0 saturated heterocycles. The van der Waals surface area contributed by atoms with Gasteiger partial charge in [-0.15, -0.1) is 0 Å². The van der Waals surface area contributed by atoms with Crippen molar-refractivity contribution >= 4 is 5.97 Å². The van der Waals surface area contributed by atoms with E-state index >= 15 is 0 Å². The summed E-state index contributed by atoms with van der Waals surface area (Å²) in [5.41, 5.74) is -0.523. The van der Waals surface area contributed by atoms with Crippen molar-refractivity contribution in [3.05, 3.63) is 12.2 Å². The molecule has 4 aliphatic carbocycles. The molecule has 94 valence electrons. The smallest absolute Gasteiger partial charge is 0.310 e. The third kappa shape index (κ3) is 1.01. The zero-order valence-corrected chi connectivity index (χ0v) is 11.0. The summed E-state index contributed by atoms with van der Waals surface area (Å²) in [6, 6.07) is 0. The summed E-state index contributed by atoms with van der Waals surface area (Å²) in [6.45, 7) is 6.44. The van der Waals surface area contributed by atoms with Gasteiger partial charge >= 0.3 is 5.97 Å². The fourth-order valence-electron chi connectivity index (χ4n) is 5.03. The van der Waals surface area contributed by atoms with Crippen LogP contribution in [0.4, 0.5) is 0 Å². The van der Waals surface area contributed by atoms with E-state index in [0.29, 0.717) is 11.8 Å². The summed E-state index contributed by atoms with van der Waals surface area (Å²) in [4.78, 5) is 11.9. The standard InChI is InChI=1S/C15H22O2/c1-10-4-5-11-14(3,12(16)17)13(2)6-8-15(10,11)9-7-13/h6,8,10-11H,4-5,7,9H2,1-3H3,(H,16,17)/t10-,11+,13-,14-,15+/m1/s1. The largest absolute Gasteiger partial charge is 0.481 e. The zero-order valence-electron chi connectivity index (χ0n) is 11.0. The van der Waals surface area contributed by atoms with Crippen molar-refractivity contribution in [1.29, 1.82) is 0 Å². The topological polar surface area (TPSA) is 37.3 Å². The Kier molecular flexibility index (Phi) is 1.97. The number of allylic oxidation sites excluding steroid dienone is 2. The minimum atomic E-state index is -0.590. The predicted molar refractivity (Wildman–Crippen MR) is 66.5 cm³/mol. The van der Waals surface area contributed by atoms with Gasteiger partial charge in [0.25, 0.3) is 0 Å². The van der Waals surface area contributed by atoms with Gasteiger partial charge in [-0.05, 0) is 49.9 Å². The maximum absolute atomic E-state index is 11.9. The molecule has 4 rings (SSSR count). The van der Waals surface area contributed by atoms with E-state index in [1.807, 2.05) is 6.92 Å². The Morgan fingerprint density at radius 2 is 1.94 bits per heavy atom. The van der Waals surface area contributed by atoms with Gasteiger partial charge in [-0.25, -0.2) is 0 Å². The predicted octanol–water partition coefficient (Wildman–Crippen LogP) is 3.48. The highest BCUT2D eigenvalue weighted by molar-refractivity contribution is 5.77.